The fourth-order valence-electron chi connectivity index (χ4n) is 2.76. The fourth-order valence-corrected chi connectivity index (χ4v) is 2.76. The molecule has 0 aliphatic carbocycles. The second-order valence-corrected chi connectivity index (χ2v) is 5.58. The predicted molar refractivity (Wildman–Crippen MR) is 92.7 cm³/mol. The molecule has 5 nitrogen and oxygen atoms in total. The van der Waals surface area contributed by atoms with Gasteiger partial charge in [0.25, 0.3) is 5.91 Å². The molecule has 0 bridgehead atoms. The van der Waals surface area contributed by atoms with Crippen LogP contribution in [0.2, 0.25) is 0 Å². The number of hydrogen-bond donors (Lipinski definition) is 1. The molecule has 0 radical (unpaired) electrons. The van der Waals surface area contributed by atoms with E-state index in [1.54, 1.807) is 6.20 Å². The normalized spacial score (nSPS) is 16.5. The Hall–Kier alpha value is -3.21. The molecule has 2 aromatic carbocycles. The second-order valence-electron chi connectivity index (χ2n) is 5.58. The smallest absolute Gasteiger partial charge is 0.273 e. The summed E-state index contributed by atoms with van der Waals surface area (Å²) in [6, 6.07) is 19.3. The van der Waals surface area contributed by atoms with Gasteiger partial charge in [-0.25, -0.2) is 0 Å². The highest BCUT2D eigenvalue weighted by Crippen LogP contribution is 2.28. The number of nitrogens with one attached hydrogen (secondary N) is 1. The van der Waals surface area contributed by atoms with Gasteiger partial charge in [0.2, 0.25) is 0 Å². The lowest BCUT2D eigenvalue weighted by molar-refractivity contribution is -0.110. The molecule has 0 fully saturated rings. The summed E-state index contributed by atoms with van der Waals surface area (Å²) in [6.07, 6.45) is 1.95. The van der Waals surface area contributed by atoms with Crippen LogP contribution in [0.15, 0.2) is 72.0 Å². The average molecular weight is 317 g/mol. The molecular formula is C19H15N3O2. The number of carbonyl (C=O) groups is 1. The lowest BCUT2D eigenvalue weighted by Crippen LogP contribution is -2.22. The molecule has 0 saturated heterocycles. The topological polar surface area (TPSA) is 63.6 Å². The Balaban J connectivity index is 1.51. The summed E-state index contributed by atoms with van der Waals surface area (Å²) in [6.45, 7) is 0. The molecule has 1 aliphatic heterocycles. The number of para-hydroxylation sites is 1. The van der Waals surface area contributed by atoms with Crippen LogP contribution in [-0.4, -0.2) is 16.6 Å². The van der Waals surface area contributed by atoms with Crippen molar-refractivity contribution in [2.75, 3.05) is 5.32 Å². The highest BCUT2D eigenvalue weighted by Gasteiger charge is 2.27. The number of nitrogens with zero attached hydrogens (tertiary/aromatic N) is 2. The summed E-state index contributed by atoms with van der Waals surface area (Å²) >= 11 is 0. The third-order valence-electron chi connectivity index (χ3n) is 3.98. The van der Waals surface area contributed by atoms with E-state index >= 15 is 0 Å². The van der Waals surface area contributed by atoms with Gasteiger partial charge in [-0.05, 0) is 17.7 Å². The van der Waals surface area contributed by atoms with Gasteiger partial charge in [0.05, 0.1) is 11.2 Å². The van der Waals surface area contributed by atoms with Gasteiger partial charge in [0.15, 0.2) is 6.10 Å². The van der Waals surface area contributed by atoms with Gasteiger partial charge in [-0.1, -0.05) is 53.7 Å². The number of oxime groups is 1. The molecule has 0 spiro atoms. The minimum Gasteiger partial charge on any atom is -0.387 e. The van der Waals surface area contributed by atoms with Crippen LogP contribution in [0.3, 0.4) is 0 Å². The van der Waals surface area contributed by atoms with Gasteiger partial charge in [-0.3, -0.25) is 9.78 Å². The molecule has 1 unspecified atom stereocenters. The van der Waals surface area contributed by atoms with E-state index in [9.17, 15) is 4.79 Å². The van der Waals surface area contributed by atoms with Crippen LogP contribution in [0, 0.1) is 0 Å². The third-order valence-corrected chi connectivity index (χ3v) is 3.98. The molecule has 1 N–H and O–H groups in total. The zero-order valence-corrected chi connectivity index (χ0v) is 12.8. The zero-order valence-electron chi connectivity index (χ0n) is 12.8. The van der Waals surface area contributed by atoms with E-state index < -0.39 is 0 Å². The first-order valence-electron chi connectivity index (χ1n) is 7.74. The zero-order chi connectivity index (χ0) is 16.4. The minimum atomic E-state index is -0.258. The number of carbonyl (C=O) groups excluding carboxylic acids is 1. The molecule has 0 saturated carbocycles. The van der Waals surface area contributed by atoms with E-state index in [1.165, 1.54) is 0 Å². The Bertz CT molecular complexity index is 917. The van der Waals surface area contributed by atoms with E-state index in [2.05, 4.69) is 15.5 Å². The molecule has 2 heterocycles. The summed E-state index contributed by atoms with van der Waals surface area (Å²) in [5.74, 6) is -0.258. The van der Waals surface area contributed by atoms with E-state index in [-0.39, 0.29) is 12.0 Å². The van der Waals surface area contributed by atoms with Crippen molar-refractivity contribution < 1.29 is 9.63 Å². The largest absolute Gasteiger partial charge is 0.387 e. The Kier molecular flexibility index (Phi) is 3.67. The number of hydrogen-bond acceptors (Lipinski definition) is 4. The first-order chi connectivity index (χ1) is 11.8. The standard InChI is InChI=1S/C19H15N3O2/c23-19(16-12-17(24-22-16)13-6-2-1-3-7-13)21-15-10-4-8-14-9-5-11-20-18(14)15/h1-11,17H,12H2,(H,21,23). The first kappa shape index (κ1) is 14.4. The van der Waals surface area contributed by atoms with E-state index in [0.717, 1.165) is 16.5 Å². The SMILES string of the molecule is O=C(Nc1cccc2cccnc12)C1=NOC(c2ccccc2)C1. The molecule has 1 atom stereocenters. The van der Waals surface area contributed by atoms with Crippen molar-refractivity contribution in [3.05, 3.63) is 72.4 Å². The van der Waals surface area contributed by atoms with Crippen molar-refractivity contribution in [1.82, 2.24) is 4.98 Å². The Labute approximate surface area is 139 Å². The first-order valence-corrected chi connectivity index (χ1v) is 7.74. The monoisotopic (exact) mass is 317 g/mol. The molecule has 5 heteroatoms. The van der Waals surface area contributed by atoms with Crippen LogP contribution in [0.5, 0.6) is 0 Å². The third kappa shape index (κ3) is 2.72. The lowest BCUT2D eigenvalue weighted by atomic mass is 10.0. The number of benzene rings is 2. The van der Waals surface area contributed by atoms with Crippen LogP contribution < -0.4 is 5.32 Å². The van der Waals surface area contributed by atoms with Crippen LogP contribution in [-0.2, 0) is 9.63 Å². The highest BCUT2D eigenvalue weighted by atomic mass is 16.6. The highest BCUT2D eigenvalue weighted by molar-refractivity contribution is 6.43. The van der Waals surface area contributed by atoms with Crippen LogP contribution in [0.1, 0.15) is 18.1 Å². The summed E-state index contributed by atoms with van der Waals surface area (Å²) < 4.78 is 0. The van der Waals surface area contributed by atoms with E-state index in [0.29, 0.717) is 17.8 Å². The van der Waals surface area contributed by atoms with Gasteiger partial charge in [0.1, 0.15) is 5.71 Å². The number of amides is 1. The maximum atomic E-state index is 12.5. The van der Waals surface area contributed by atoms with Crippen molar-refractivity contribution in [2.45, 2.75) is 12.5 Å². The van der Waals surface area contributed by atoms with Gasteiger partial charge in [-0.15, -0.1) is 0 Å². The maximum Gasteiger partial charge on any atom is 0.273 e. The van der Waals surface area contributed by atoms with Crippen molar-refractivity contribution in [3.8, 4) is 0 Å². The van der Waals surface area contributed by atoms with E-state index in [1.807, 2.05) is 60.7 Å². The molecule has 3 aromatic rings. The maximum absolute atomic E-state index is 12.5. The second kappa shape index (κ2) is 6.12. The summed E-state index contributed by atoms with van der Waals surface area (Å²) in [7, 11) is 0. The van der Waals surface area contributed by atoms with Crippen molar-refractivity contribution in [1.29, 1.82) is 0 Å². The fraction of sp³-hybridized carbons (Fsp3) is 0.105. The number of anilines is 1. The number of aromatic nitrogens is 1. The van der Waals surface area contributed by atoms with Crippen LogP contribution in [0.25, 0.3) is 10.9 Å². The quantitative estimate of drug-likeness (QED) is 0.801. The van der Waals surface area contributed by atoms with Crippen molar-refractivity contribution in [3.63, 3.8) is 0 Å². The Morgan fingerprint density at radius 2 is 1.88 bits per heavy atom. The lowest BCUT2D eigenvalue weighted by Gasteiger charge is -2.08. The van der Waals surface area contributed by atoms with Gasteiger partial charge < -0.3 is 10.2 Å². The summed E-state index contributed by atoms with van der Waals surface area (Å²) in [5, 5.41) is 7.81. The Morgan fingerprint density at radius 3 is 2.75 bits per heavy atom. The van der Waals surface area contributed by atoms with Crippen molar-refractivity contribution >= 4 is 28.2 Å². The number of fused-ring (bicyclic) bond motifs is 1. The van der Waals surface area contributed by atoms with Gasteiger partial charge >= 0.3 is 0 Å². The molecule has 4 rings (SSSR count). The Morgan fingerprint density at radius 1 is 1.04 bits per heavy atom. The number of pyridine rings is 1. The van der Waals surface area contributed by atoms with Crippen LogP contribution in [0.4, 0.5) is 5.69 Å². The number of rotatable bonds is 3. The van der Waals surface area contributed by atoms with Gasteiger partial charge in [0, 0.05) is 18.0 Å². The summed E-state index contributed by atoms with van der Waals surface area (Å²) in [5.41, 5.74) is 2.82. The van der Waals surface area contributed by atoms with E-state index in [4.69, 9.17) is 4.84 Å². The molecule has 1 amide bonds. The van der Waals surface area contributed by atoms with Crippen LogP contribution >= 0.6 is 0 Å². The molecule has 24 heavy (non-hydrogen) atoms. The van der Waals surface area contributed by atoms with Gasteiger partial charge in [-0.2, -0.15) is 0 Å². The molecule has 1 aromatic heterocycles. The molecule has 118 valence electrons. The van der Waals surface area contributed by atoms with Crippen molar-refractivity contribution in [2.24, 2.45) is 5.16 Å². The predicted octanol–water partition coefficient (Wildman–Crippen LogP) is 3.69. The molecule has 1 aliphatic rings. The average Bonchev–Trinajstić information content (AvgIpc) is 3.13. The minimum absolute atomic E-state index is 0.211. The molecular weight excluding hydrogens is 302 g/mol. The summed E-state index contributed by atoms with van der Waals surface area (Å²) in [4.78, 5) is 22.2.